The summed E-state index contributed by atoms with van der Waals surface area (Å²) in [5, 5.41) is 37.6. The van der Waals surface area contributed by atoms with Crippen LogP contribution in [0.25, 0.3) is 0 Å². The number of rotatable bonds is 1. The highest BCUT2D eigenvalue weighted by molar-refractivity contribution is 6.26. The van der Waals surface area contributed by atoms with E-state index in [2.05, 4.69) is 10.3 Å². The van der Waals surface area contributed by atoms with Crippen molar-refractivity contribution in [2.24, 2.45) is 0 Å². The Balaban J connectivity index is 1.81. The lowest BCUT2D eigenvalue weighted by Crippen LogP contribution is -2.55. The highest BCUT2D eigenvalue weighted by Crippen LogP contribution is 2.32. The fourth-order valence-corrected chi connectivity index (χ4v) is 3.20. The quantitative estimate of drug-likeness (QED) is 0.514. The van der Waals surface area contributed by atoms with Crippen molar-refractivity contribution in [3.63, 3.8) is 0 Å². The molecule has 2 heterocycles. The molecule has 3 N–H and O–H groups in total. The van der Waals surface area contributed by atoms with E-state index in [1.54, 1.807) is 12.1 Å². The maximum Gasteiger partial charge on any atom is 0.216 e. The number of hydrogen-bond acceptors (Lipinski definition) is 8. The molecule has 25 heavy (non-hydrogen) atoms. The second-order valence-electron chi connectivity index (χ2n) is 6.14. The monoisotopic (exact) mass is 345 g/mol. The standard InChI is InChI=1S/C16H15N3O6/c1-6-11(20)14(23)15(24)16(25-6)19-10-9(17-18-19)12(21)7-4-2-3-5-8(7)13(10)22/h2-6,11,14-16,20,23-24H,1H3/t6-,11+,14+,15-,16+/m0/s1. The second kappa shape index (κ2) is 5.53. The van der Waals surface area contributed by atoms with Crippen LogP contribution in [0.4, 0.5) is 0 Å². The summed E-state index contributed by atoms with van der Waals surface area (Å²) in [6.45, 7) is 1.51. The van der Waals surface area contributed by atoms with E-state index in [-0.39, 0.29) is 22.5 Å². The van der Waals surface area contributed by atoms with Gasteiger partial charge in [0.1, 0.15) is 24.0 Å². The first-order valence-corrected chi connectivity index (χ1v) is 7.75. The lowest BCUT2D eigenvalue weighted by atomic mass is 9.90. The van der Waals surface area contributed by atoms with Crippen molar-refractivity contribution in [2.75, 3.05) is 0 Å². The predicted molar refractivity (Wildman–Crippen MR) is 80.9 cm³/mol. The smallest absolute Gasteiger partial charge is 0.216 e. The van der Waals surface area contributed by atoms with Gasteiger partial charge in [0.2, 0.25) is 11.6 Å². The molecule has 1 saturated heterocycles. The molecule has 1 aromatic carbocycles. The number of aliphatic hydroxyl groups excluding tert-OH is 3. The van der Waals surface area contributed by atoms with E-state index < -0.39 is 42.2 Å². The minimum atomic E-state index is -1.54. The summed E-state index contributed by atoms with van der Waals surface area (Å²) in [4.78, 5) is 25.4. The van der Waals surface area contributed by atoms with E-state index in [0.29, 0.717) is 0 Å². The fourth-order valence-electron chi connectivity index (χ4n) is 3.20. The molecule has 0 bridgehead atoms. The van der Waals surface area contributed by atoms with Crippen LogP contribution in [0.5, 0.6) is 0 Å². The lowest BCUT2D eigenvalue weighted by molar-refractivity contribution is -0.243. The number of nitrogens with zero attached hydrogens (tertiary/aromatic N) is 3. The molecule has 1 aliphatic carbocycles. The maximum atomic E-state index is 12.8. The molecule has 4 rings (SSSR count). The van der Waals surface area contributed by atoms with Crippen LogP contribution in [-0.2, 0) is 4.74 Å². The van der Waals surface area contributed by atoms with Crippen LogP contribution in [-0.4, -0.2) is 66.3 Å². The number of aliphatic hydroxyl groups is 3. The van der Waals surface area contributed by atoms with Gasteiger partial charge in [0.05, 0.1) is 6.10 Å². The van der Waals surface area contributed by atoms with Crippen molar-refractivity contribution in [1.29, 1.82) is 0 Å². The molecule has 2 aromatic rings. The van der Waals surface area contributed by atoms with Gasteiger partial charge in [0.25, 0.3) is 0 Å². The molecule has 1 aromatic heterocycles. The van der Waals surface area contributed by atoms with Gasteiger partial charge in [-0.2, -0.15) is 0 Å². The van der Waals surface area contributed by atoms with Crippen molar-refractivity contribution < 1.29 is 29.6 Å². The van der Waals surface area contributed by atoms with Gasteiger partial charge in [-0.25, -0.2) is 4.68 Å². The highest BCUT2D eigenvalue weighted by Gasteiger charge is 2.46. The van der Waals surface area contributed by atoms with Crippen molar-refractivity contribution in [3.8, 4) is 0 Å². The van der Waals surface area contributed by atoms with Crippen LogP contribution in [0.15, 0.2) is 24.3 Å². The van der Waals surface area contributed by atoms with Gasteiger partial charge in [0.15, 0.2) is 11.9 Å². The molecule has 1 aliphatic heterocycles. The minimum Gasteiger partial charge on any atom is -0.388 e. The zero-order valence-corrected chi connectivity index (χ0v) is 13.1. The van der Waals surface area contributed by atoms with Crippen LogP contribution < -0.4 is 0 Å². The summed E-state index contributed by atoms with van der Waals surface area (Å²) >= 11 is 0. The third-order valence-electron chi connectivity index (χ3n) is 4.61. The lowest BCUT2D eigenvalue weighted by Gasteiger charge is -2.39. The number of hydrogen-bond donors (Lipinski definition) is 3. The van der Waals surface area contributed by atoms with Gasteiger partial charge >= 0.3 is 0 Å². The zero-order valence-electron chi connectivity index (χ0n) is 13.1. The average Bonchev–Trinajstić information content (AvgIpc) is 3.06. The van der Waals surface area contributed by atoms with Crippen LogP contribution in [0.1, 0.15) is 45.3 Å². The van der Waals surface area contributed by atoms with Crippen molar-refractivity contribution in [2.45, 2.75) is 37.6 Å². The van der Waals surface area contributed by atoms with Crippen LogP contribution in [0.2, 0.25) is 0 Å². The number of ketones is 2. The van der Waals surface area contributed by atoms with Crippen molar-refractivity contribution in [1.82, 2.24) is 15.0 Å². The second-order valence-corrected chi connectivity index (χ2v) is 6.14. The third kappa shape index (κ3) is 2.17. The molecule has 0 unspecified atom stereocenters. The normalized spacial score (nSPS) is 31.6. The molecule has 5 atom stereocenters. The minimum absolute atomic E-state index is 0.108. The molecule has 0 saturated carbocycles. The summed E-state index contributed by atoms with van der Waals surface area (Å²) in [5.41, 5.74) is 0.208. The zero-order chi connectivity index (χ0) is 17.9. The van der Waals surface area contributed by atoms with Crippen LogP contribution in [0.3, 0.4) is 0 Å². The van der Waals surface area contributed by atoms with E-state index >= 15 is 0 Å². The molecule has 1 fully saturated rings. The Labute approximate surface area is 141 Å². The fraction of sp³-hybridized carbons (Fsp3) is 0.375. The molecular weight excluding hydrogens is 330 g/mol. The molecule has 0 radical (unpaired) electrons. The summed E-state index contributed by atoms with van der Waals surface area (Å²) in [5.74, 6) is -0.922. The SMILES string of the molecule is C[C@@H]1O[C@@H](n2nnc3c2C(=O)c2ccccc2C3=O)[C@@H](O)[C@H](O)[C@@H]1O. The summed E-state index contributed by atoms with van der Waals surface area (Å²) in [6.07, 6.45) is -6.40. The topological polar surface area (TPSA) is 135 Å². The summed E-state index contributed by atoms with van der Waals surface area (Å²) in [6, 6.07) is 6.34. The van der Waals surface area contributed by atoms with Gasteiger partial charge in [-0.15, -0.1) is 5.10 Å². The summed E-state index contributed by atoms with van der Waals surface area (Å²) in [7, 11) is 0. The van der Waals surface area contributed by atoms with Gasteiger partial charge in [-0.05, 0) is 6.92 Å². The molecule has 0 spiro atoms. The Morgan fingerprint density at radius 1 is 1.00 bits per heavy atom. The largest absolute Gasteiger partial charge is 0.388 e. The van der Waals surface area contributed by atoms with Crippen LogP contribution >= 0.6 is 0 Å². The molecule has 9 nitrogen and oxygen atoms in total. The van der Waals surface area contributed by atoms with Gasteiger partial charge < -0.3 is 20.1 Å². The number of fused-ring (bicyclic) bond motifs is 2. The third-order valence-corrected chi connectivity index (χ3v) is 4.61. The first kappa shape index (κ1) is 16.0. The van der Waals surface area contributed by atoms with E-state index in [1.165, 1.54) is 19.1 Å². The molecule has 9 heteroatoms. The first-order chi connectivity index (χ1) is 11.9. The average molecular weight is 345 g/mol. The number of aromatic nitrogens is 3. The van der Waals surface area contributed by atoms with E-state index in [1.807, 2.05) is 0 Å². The molecular formula is C16H15N3O6. The Morgan fingerprint density at radius 3 is 2.32 bits per heavy atom. The molecule has 0 amide bonds. The Hall–Kier alpha value is -2.46. The number of benzene rings is 1. The van der Waals surface area contributed by atoms with E-state index in [9.17, 15) is 24.9 Å². The van der Waals surface area contributed by atoms with Gasteiger partial charge in [0, 0.05) is 11.1 Å². The Bertz CT molecular complexity index is 879. The van der Waals surface area contributed by atoms with Crippen molar-refractivity contribution in [3.05, 3.63) is 46.8 Å². The maximum absolute atomic E-state index is 12.8. The Morgan fingerprint density at radius 2 is 1.64 bits per heavy atom. The van der Waals surface area contributed by atoms with Crippen LogP contribution in [0, 0.1) is 0 Å². The summed E-state index contributed by atoms with van der Waals surface area (Å²) < 4.78 is 6.50. The highest BCUT2D eigenvalue weighted by atomic mass is 16.5. The van der Waals surface area contributed by atoms with E-state index in [4.69, 9.17) is 4.74 Å². The first-order valence-electron chi connectivity index (χ1n) is 7.75. The number of ether oxygens (including phenoxy) is 1. The van der Waals surface area contributed by atoms with Crippen molar-refractivity contribution >= 4 is 11.6 Å². The molecule has 2 aliphatic rings. The predicted octanol–water partition coefficient (Wildman–Crippen LogP) is -0.947. The number of carbonyl (C=O) groups is 2. The number of carbonyl (C=O) groups excluding carboxylic acids is 2. The van der Waals surface area contributed by atoms with Gasteiger partial charge in [-0.1, -0.05) is 29.5 Å². The Kier molecular flexibility index (Phi) is 3.55. The van der Waals surface area contributed by atoms with E-state index in [0.717, 1.165) is 4.68 Å². The molecule has 130 valence electrons. The van der Waals surface area contributed by atoms with Gasteiger partial charge in [-0.3, -0.25) is 9.59 Å².